The molecule has 1 spiro atoms. The lowest BCUT2D eigenvalue weighted by Gasteiger charge is -2.39. The molecule has 2 saturated heterocycles. The Morgan fingerprint density at radius 2 is 2.26 bits per heavy atom. The van der Waals surface area contributed by atoms with Crippen LogP contribution >= 0.6 is 15.9 Å². The summed E-state index contributed by atoms with van der Waals surface area (Å²) in [6, 6.07) is 7.93. The van der Waals surface area contributed by atoms with Crippen LogP contribution in [0.4, 0.5) is 0 Å². The molecule has 2 aliphatic heterocycles. The molecule has 0 saturated carbocycles. The zero-order valence-corrected chi connectivity index (χ0v) is 12.4. The van der Waals surface area contributed by atoms with Gasteiger partial charge < -0.3 is 14.6 Å². The van der Waals surface area contributed by atoms with Crippen molar-refractivity contribution < 1.29 is 14.6 Å². The first-order chi connectivity index (χ1) is 9.19. The van der Waals surface area contributed by atoms with Crippen molar-refractivity contribution in [2.24, 2.45) is 5.92 Å². The van der Waals surface area contributed by atoms with Crippen molar-refractivity contribution in [2.45, 2.75) is 31.0 Å². The lowest BCUT2D eigenvalue weighted by atomic mass is 9.80. The van der Waals surface area contributed by atoms with Crippen LogP contribution in [-0.4, -0.2) is 30.5 Å². The summed E-state index contributed by atoms with van der Waals surface area (Å²) in [5, 5.41) is 10.6. The first-order valence-electron chi connectivity index (χ1n) is 6.84. The predicted octanol–water partition coefficient (Wildman–Crippen LogP) is 3.07. The molecule has 2 aliphatic rings. The number of aliphatic hydroxyl groups is 1. The zero-order chi connectivity index (χ0) is 13.3. The van der Waals surface area contributed by atoms with Crippen molar-refractivity contribution in [3.63, 3.8) is 0 Å². The largest absolute Gasteiger partial charge is 0.388 e. The third kappa shape index (κ3) is 2.87. The van der Waals surface area contributed by atoms with E-state index < -0.39 is 6.10 Å². The highest BCUT2D eigenvalue weighted by molar-refractivity contribution is 9.10. The van der Waals surface area contributed by atoms with E-state index in [1.165, 1.54) is 0 Å². The summed E-state index contributed by atoms with van der Waals surface area (Å²) in [5.74, 6) is 0.254. The molecule has 2 fully saturated rings. The van der Waals surface area contributed by atoms with Gasteiger partial charge in [-0.3, -0.25) is 0 Å². The van der Waals surface area contributed by atoms with Crippen LogP contribution < -0.4 is 0 Å². The van der Waals surface area contributed by atoms with E-state index in [1.807, 2.05) is 24.3 Å². The molecule has 0 amide bonds. The normalized spacial score (nSPS) is 32.6. The fourth-order valence-electron chi connectivity index (χ4n) is 3.16. The summed E-state index contributed by atoms with van der Waals surface area (Å²) < 4.78 is 12.4. The van der Waals surface area contributed by atoms with Gasteiger partial charge in [0.25, 0.3) is 0 Å². The van der Waals surface area contributed by atoms with E-state index in [2.05, 4.69) is 15.9 Å². The second-order valence-electron chi connectivity index (χ2n) is 5.59. The fraction of sp³-hybridized carbons (Fsp3) is 0.600. The van der Waals surface area contributed by atoms with Crippen LogP contribution in [0.15, 0.2) is 28.7 Å². The van der Waals surface area contributed by atoms with Gasteiger partial charge in [0.05, 0.1) is 18.3 Å². The maximum atomic E-state index is 10.6. The second-order valence-corrected chi connectivity index (χ2v) is 6.50. The van der Waals surface area contributed by atoms with Crippen molar-refractivity contribution in [3.8, 4) is 0 Å². The van der Waals surface area contributed by atoms with Crippen LogP contribution in [0, 0.1) is 5.92 Å². The number of hydrogen-bond acceptors (Lipinski definition) is 3. The first kappa shape index (κ1) is 13.6. The average molecular weight is 327 g/mol. The van der Waals surface area contributed by atoms with Crippen molar-refractivity contribution >= 4 is 15.9 Å². The van der Waals surface area contributed by atoms with E-state index in [1.54, 1.807) is 0 Å². The van der Waals surface area contributed by atoms with Gasteiger partial charge in [0.1, 0.15) is 0 Å². The third-order valence-corrected chi connectivity index (χ3v) is 4.73. The van der Waals surface area contributed by atoms with Gasteiger partial charge in [0, 0.05) is 24.1 Å². The van der Waals surface area contributed by atoms with Crippen LogP contribution in [0.1, 0.15) is 30.9 Å². The molecule has 1 N–H and O–H groups in total. The van der Waals surface area contributed by atoms with Gasteiger partial charge in [-0.25, -0.2) is 0 Å². The summed E-state index contributed by atoms with van der Waals surface area (Å²) in [4.78, 5) is 0. The van der Waals surface area contributed by atoms with Crippen LogP contribution in [-0.2, 0) is 9.47 Å². The molecule has 0 bridgehead atoms. The highest BCUT2D eigenvalue weighted by atomic mass is 79.9. The summed E-state index contributed by atoms with van der Waals surface area (Å²) in [5.41, 5.74) is 0.839. The Morgan fingerprint density at radius 1 is 1.37 bits per heavy atom. The topological polar surface area (TPSA) is 38.7 Å². The molecule has 3 atom stereocenters. The molecular formula is C15H19BrO3. The Bertz CT molecular complexity index is 443. The van der Waals surface area contributed by atoms with Gasteiger partial charge in [-0.2, -0.15) is 0 Å². The molecule has 19 heavy (non-hydrogen) atoms. The van der Waals surface area contributed by atoms with Gasteiger partial charge in [0.2, 0.25) is 0 Å². The Morgan fingerprint density at radius 3 is 3.00 bits per heavy atom. The standard InChI is InChI=1S/C15H19BrO3/c16-13-3-1-2-11(8-13)14(17)12-4-6-19-15(9-12)5-7-18-10-15/h1-3,8,12,14,17H,4-7,9-10H2. The zero-order valence-electron chi connectivity index (χ0n) is 10.8. The molecule has 2 heterocycles. The maximum Gasteiger partial charge on any atom is 0.0940 e. The molecule has 3 nitrogen and oxygen atoms in total. The number of aliphatic hydroxyl groups excluding tert-OH is 1. The molecule has 1 aromatic rings. The van der Waals surface area contributed by atoms with Gasteiger partial charge >= 0.3 is 0 Å². The molecule has 104 valence electrons. The van der Waals surface area contributed by atoms with Gasteiger partial charge in [0.15, 0.2) is 0 Å². The van der Waals surface area contributed by atoms with E-state index in [0.717, 1.165) is 42.5 Å². The van der Waals surface area contributed by atoms with E-state index in [4.69, 9.17) is 9.47 Å². The van der Waals surface area contributed by atoms with Crippen molar-refractivity contribution in [1.82, 2.24) is 0 Å². The molecule has 0 aliphatic carbocycles. The van der Waals surface area contributed by atoms with Crippen LogP contribution in [0.25, 0.3) is 0 Å². The SMILES string of the molecule is OC(c1cccc(Br)c1)C1CCOC2(CCOC2)C1. The van der Waals surface area contributed by atoms with E-state index >= 15 is 0 Å². The maximum absolute atomic E-state index is 10.6. The lowest BCUT2D eigenvalue weighted by molar-refractivity contribution is -0.117. The first-order valence-corrected chi connectivity index (χ1v) is 7.63. The Kier molecular flexibility index (Phi) is 3.94. The summed E-state index contributed by atoms with van der Waals surface area (Å²) >= 11 is 3.46. The van der Waals surface area contributed by atoms with Crippen LogP contribution in [0.2, 0.25) is 0 Å². The Hall–Kier alpha value is -0.420. The number of hydrogen-bond donors (Lipinski definition) is 1. The highest BCUT2D eigenvalue weighted by Gasteiger charge is 2.42. The highest BCUT2D eigenvalue weighted by Crippen LogP contribution is 2.41. The second kappa shape index (κ2) is 5.52. The number of halogens is 1. The predicted molar refractivity (Wildman–Crippen MR) is 75.9 cm³/mol. The minimum Gasteiger partial charge on any atom is -0.388 e. The van der Waals surface area contributed by atoms with Crippen molar-refractivity contribution in [2.75, 3.05) is 19.8 Å². The third-order valence-electron chi connectivity index (χ3n) is 4.23. The Balaban J connectivity index is 1.74. The minimum atomic E-state index is -0.418. The average Bonchev–Trinajstić information content (AvgIpc) is 2.86. The molecule has 4 heteroatoms. The molecular weight excluding hydrogens is 308 g/mol. The number of rotatable bonds is 2. The van der Waals surface area contributed by atoms with E-state index in [0.29, 0.717) is 6.61 Å². The summed E-state index contributed by atoms with van der Waals surface area (Å²) in [6.45, 7) is 2.17. The van der Waals surface area contributed by atoms with Crippen LogP contribution in [0.3, 0.4) is 0 Å². The molecule has 3 unspecified atom stereocenters. The van der Waals surface area contributed by atoms with Gasteiger partial charge in [-0.1, -0.05) is 28.1 Å². The van der Waals surface area contributed by atoms with Gasteiger partial charge in [-0.15, -0.1) is 0 Å². The van der Waals surface area contributed by atoms with Crippen molar-refractivity contribution in [3.05, 3.63) is 34.3 Å². The molecule has 3 rings (SSSR count). The van der Waals surface area contributed by atoms with Gasteiger partial charge in [-0.05, 0) is 36.5 Å². The lowest BCUT2D eigenvalue weighted by Crippen LogP contribution is -2.41. The smallest absolute Gasteiger partial charge is 0.0940 e. The van der Waals surface area contributed by atoms with E-state index in [9.17, 15) is 5.11 Å². The monoisotopic (exact) mass is 326 g/mol. The number of ether oxygens (including phenoxy) is 2. The number of benzene rings is 1. The van der Waals surface area contributed by atoms with E-state index in [-0.39, 0.29) is 11.5 Å². The Labute approximate surface area is 122 Å². The summed E-state index contributed by atoms with van der Waals surface area (Å²) in [7, 11) is 0. The van der Waals surface area contributed by atoms with Crippen molar-refractivity contribution in [1.29, 1.82) is 0 Å². The summed E-state index contributed by atoms with van der Waals surface area (Å²) in [6.07, 6.45) is 2.34. The quantitative estimate of drug-likeness (QED) is 0.907. The fourth-order valence-corrected chi connectivity index (χ4v) is 3.58. The minimum absolute atomic E-state index is 0.143. The van der Waals surface area contributed by atoms with Crippen LogP contribution in [0.5, 0.6) is 0 Å². The molecule has 0 radical (unpaired) electrons. The molecule has 1 aromatic carbocycles. The molecule has 0 aromatic heterocycles.